The smallest absolute Gasteiger partial charge is 0.303 e. The van der Waals surface area contributed by atoms with E-state index in [1.54, 1.807) is 0 Å². The van der Waals surface area contributed by atoms with Crippen LogP contribution < -0.4 is 0 Å². The van der Waals surface area contributed by atoms with E-state index in [2.05, 4.69) is 9.98 Å². The molecule has 0 aromatic rings. The number of imide groups is 1. The van der Waals surface area contributed by atoms with Crippen molar-refractivity contribution in [2.24, 2.45) is 9.98 Å². The van der Waals surface area contributed by atoms with Crippen LogP contribution in [0, 0.1) is 0 Å². The van der Waals surface area contributed by atoms with Gasteiger partial charge >= 0.3 is 6.03 Å². The topological polar surface area (TPSA) is 117 Å². The van der Waals surface area contributed by atoms with Gasteiger partial charge in [-0.3, -0.25) is 14.5 Å². The molecule has 1 fully saturated rings. The average Bonchev–Trinajstić information content (AvgIpc) is 2.88. The lowest BCUT2D eigenvalue weighted by molar-refractivity contribution is -0.140. The molecule has 1 aliphatic heterocycles. The highest BCUT2D eigenvalue weighted by Gasteiger charge is 2.56. The van der Waals surface area contributed by atoms with E-state index < -0.39 is 17.5 Å². The Morgan fingerprint density at radius 1 is 0.862 bits per heavy atom. The molecule has 160 valence electrons. The molecule has 0 bridgehead atoms. The van der Waals surface area contributed by atoms with Crippen LogP contribution >= 0.6 is 0 Å². The quantitative estimate of drug-likeness (QED) is 0.136. The number of carbonyl (C=O) groups is 3. The maximum Gasteiger partial charge on any atom is 0.328 e. The zero-order chi connectivity index (χ0) is 21.7. The molecule has 0 aromatic carbocycles. The molecule has 0 aliphatic carbocycles. The molecule has 9 heteroatoms. The molecule has 3 amide bonds. The van der Waals surface area contributed by atoms with Gasteiger partial charge in [-0.15, -0.1) is 0 Å². The van der Waals surface area contributed by atoms with E-state index >= 15 is 0 Å². The van der Waals surface area contributed by atoms with Crippen molar-refractivity contribution in [2.45, 2.75) is 70.8 Å². The predicted molar refractivity (Wildman–Crippen MR) is 106 cm³/mol. The van der Waals surface area contributed by atoms with Gasteiger partial charge in [0.2, 0.25) is 12.2 Å². The number of rotatable bonds is 15. The maximum atomic E-state index is 12.8. The summed E-state index contributed by atoms with van der Waals surface area (Å²) in [5.41, 5.74) is -1.45. The van der Waals surface area contributed by atoms with E-state index in [0.29, 0.717) is 32.5 Å². The molecule has 1 rings (SSSR count). The van der Waals surface area contributed by atoms with E-state index in [1.165, 1.54) is 35.8 Å². The number of unbranched alkanes of at least 4 members (excludes halogenated alkanes) is 6. The lowest BCUT2D eigenvalue weighted by Gasteiger charge is -2.29. The van der Waals surface area contributed by atoms with Crippen LogP contribution in [0.4, 0.5) is 4.79 Å². The van der Waals surface area contributed by atoms with Gasteiger partial charge in [-0.1, -0.05) is 25.7 Å². The molecule has 0 radical (unpaired) electrons. The van der Waals surface area contributed by atoms with Crippen LogP contribution in [0.5, 0.6) is 0 Å². The van der Waals surface area contributed by atoms with Gasteiger partial charge in [0.25, 0.3) is 5.91 Å². The number of ketones is 1. The molecule has 0 aromatic heterocycles. The van der Waals surface area contributed by atoms with Gasteiger partial charge in [0.1, 0.15) is 0 Å². The Labute approximate surface area is 171 Å². The standard InChI is InChI=1S/C20H30N4O5/c1-17(27)20(2)18(28)23(13-9-5-3-7-11-21-15-25)19(29)24(20)14-10-6-4-8-12-22-16-26/h3-14H2,1-2H3. The number of aliphatic imine (C=N–C) groups is 2. The Balaban J connectivity index is 2.57. The number of hydrogen-bond donors (Lipinski definition) is 0. The highest BCUT2D eigenvalue weighted by molar-refractivity contribution is 6.19. The SMILES string of the molecule is CC(=O)C1(C)C(=O)N(CCCCCCN=C=O)C(=O)N1CCCCCCN=C=O. The lowest BCUT2D eigenvalue weighted by Crippen LogP contribution is -2.52. The van der Waals surface area contributed by atoms with Gasteiger partial charge in [0, 0.05) is 13.1 Å². The molecule has 1 aliphatic rings. The summed E-state index contributed by atoms with van der Waals surface area (Å²) >= 11 is 0. The second-order valence-electron chi connectivity index (χ2n) is 7.29. The third-order valence-corrected chi connectivity index (χ3v) is 5.28. The summed E-state index contributed by atoms with van der Waals surface area (Å²) < 4.78 is 0. The van der Waals surface area contributed by atoms with Crippen molar-refractivity contribution in [1.29, 1.82) is 0 Å². The minimum absolute atomic E-state index is 0.275. The molecule has 29 heavy (non-hydrogen) atoms. The molecule has 1 atom stereocenters. The van der Waals surface area contributed by atoms with Crippen molar-refractivity contribution in [2.75, 3.05) is 26.2 Å². The molecular weight excluding hydrogens is 376 g/mol. The number of hydrogen-bond acceptors (Lipinski definition) is 7. The van der Waals surface area contributed by atoms with Crippen LogP contribution in [0.2, 0.25) is 0 Å². The van der Waals surface area contributed by atoms with Crippen LogP contribution in [0.15, 0.2) is 9.98 Å². The van der Waals surface area contributed by atoms with Gasteiger partial charge in [-0.25, -0.2) is 24.4 Å². The average molecular weight is 406 g/mol. The number of urea groups is 1. The van der Waals surface area contributed by atoms with Gasteiger partial charge in [-0.05, 0) is 39.5 Å². The van der Waals surface area contributed by atoms with E-state index in [1.807, 2.05) is 0 Å². The van der Waals surface area contributed by atoms with Gasteiger partial charge in [0.15, 0.2) is 11.3 Å². The van der Waals surface area contributed by atoms with E-state index in [0.717, 1.165) is 38.5 Å². The highest BCUT2D eigenvalue weighted by Crippen LogP contribution is 2.30. The molecule has 0 N–H and O–H groups in total. The first-order chi connectivity index (χ1) is 13.9. The Bertz CT molecular complexity index is 682. The minimum Gasteiger partial charge on any atom is -0.303 e. The number of amides is 3. The molecule has 1 heterocycles. The van der Waals surface area contributed by atoms with E-state index in [4.69, 9.17) is 0 Å². The Morgan fingerprint density at radius 3 is 1.83 bits per heavy atom. The fourth-order valence-corrected chi connectivity index (χ4v) is 3.38. The van der Waals surface area contributed by atoms with Crippen LogP contribution in [0.25, 0.3) is 0 Å². The first-order valence-electron chi connectivity index (χ1n) is 10.1. The first-order valence-corrected chi connectivity index (χ1v) is 10.1. The minimum atomic E-state index is -1.45. The predicted octanol–water partition coefficient (Wildman–Crippen LogP) is 2.39. The molecule has 0 spiro atoms. The van der Waals surface area contributed by atoms with Crippen LogP contribution in [-0.4, -0.2) is 71.4 Å². The van der Waals surface area contributed by atoms with Gasteiger partial charge in [0.05, 0.1) is 13.1 Å². The van der Waals surface area contributed by atoms with Crippen molar-refractivity contribution >= 4 is 29.9 Å². The fraction of sp³-hybridized carbons (Fsp3) is 0.750. The lowest BCUT2D eigenvalue weighted by atomic mass is 9.95. The number of carbonyl (C=O) groups excluding carboxylic acids is 5. The summed E-state index contributed by atoms with van der Waals surface area (Å²) in [4.78, 5) is 67.5. The largest absolute Gasteiger partial charge is 0.328 e. The number of Topliss-reactive ketones (excluding diaryl/α,β-unsaturated/α-hetero) is 1. The zero-order valence-electron chi connectivity index (χ0n) is 17.3. The summed E-state index contributed by atoms with van der Waals surface area (Å²) in [6.07, 6.45) is 9.10. The highest BCUT2D eigenvalue weighted by atomic mass is 16.2. The maximum absolute atomic E-state index is 12.8. The Hall–Kier alpha value is -2.63. The van der Waals surface area contributed by atoms with Crippen LogP contribution in [0.1, 0.15) is 65.2 Å². The second kappa shape index (κ2) is 12.8. The number of nitrogens with zero attached hydrogens (tertiary/aromatic N) is 4. The Kier molecular flexibility index (Phi) is 10.7. The molecule has 1 unspecified atom stereocenters. The zero-order valence-corrected chi connectivity index (χ0v) is 17.3. The molecule has 9 nitrogen and oxygen atoms in total. The van der Waals surface area contributed by atoms with Gasteiger partial charge < -0.3 is 4.90 Å². The Morgan fingerprint density at radius 2 is 1.34 bits per heavy atom. The fourth-order valence-electron chi connectivity index (χ4n) is 3.38. The van der Waals surface area contributed by atoms with Crippen LogP contribution in [0.3, 0.4) is 0 Å². The third-order valence-electron chi connectivity index (χ3n) is 5.28. The van der Waals surface area contributed by atoms with Crippen LogP contribution in [-0.2, 0) is 19.2 Å². The molecular formula is C20H30N4O5. The van der Waals surface area contributed by atoms with E-state index in [9.17, 15) is 24.0 Å². The summed E-state index contributed by atoms with van der Waals surface area (Å²) in [6.45, 7) is 4.34. The van der Waals surface area contributed by atoms with Crippen molar-refractivity contribution < 1.29 is 24.0 Å². The van der Waals surface area contributed by atoms with Crippen molar-refractivity contribution in [3.8, 4) is 0 Å². The van der Waals surface area contributed by atoms with E-state index in [-0.39, 0.29) is 12.3 Å². The normalized spacial score (nSPS) is 18.6. The van der Waals surface area contributed by atoms with Gasteiger partial charge in [-0.2, -0.15) is 0 Å². The molecule has 1 saturated heterocycles. The summed E-state index contributed by atoms with van der Waals surface area (Å²) in [6, 6.07) is -0.413. The molecule has 0 saturated carbocycles. The summed E-state index contributed by atoms with van der Waals surface area (Å²) in [5, 5.41) is 0. The number of isocyanates is 2. The monoisotopic (exact) mass is 406 g/mol. The summed E-state index contributed by atoms with van der Waals surface area (Å²) in [7, 11) is 0. The summed E-state index contributed by atoms with van der Waals surface area (Å²) in [5.74, 6) is -0.800. The first kappa shape index (κ1) is 24.4. The van der Waals surface area contributed by atoms with Crippen molar-refractivity contribution in [1.82, 2.24) is 9.80 Å². The second-order valence-corrected chi connectivity index (χ2v) is 7.29. The van der Waals surface area contributed by atoms with Crippen molar-refractivity contribution in [3.05, 3.63) is 0 Å². The third kappa shape index (κ3) is 6.73. The van der Waals surface area contributed by atoms with Crippen molar-refractivity contribution in [3.63, 3.8) is 0 Å².